The molecule has 0 unspecified atom stereocenters. The number of carbonyl (C=O) groups is 2. The molecule has 3 rings (SSSR count). The van der Waals surface area contributed by atoms with Gasteiger partial charge in [-0.3, -0.25) is 13.9 Å². The van der Waals surface area contributed by atoms with E-state index in [-0.39, 0.29) is 18.5 Å². The van der Waals surface area contributed by atoms with Crippen LogP contribution in [0.4, 0.5) is 5.69 Å². The van der Waals surface area contributed by atoms with Gasteiger partial charge in [0.25, 0.3) is 0 Å². The van der Waals surface area contributed by atoms with Crippen LogP contribution in [0.2, 0.25) is 5.02 Å². The summed E-state index contributed by atoms with van der Waals surface area (Å²) in [5, 5.41) is 3.46. The van der Waals surface area contributed by atoms with Crippen molar-refractivity contribution in [3.8, 4) is 5.75 Å². The quantitative estimate of drug-likeness (QED) is 0.451. The lowest BCUT2D eigenvalue weighted by molar-refractivity contribution is -0.140. The number of amides is 2. The summed E-state index contributed by atoms with van der Waals surface area (Å²) in [6.07, 6.45) is 5.40. The SMILES string of the molecule is CC[C@@H](C(=O)NC1CCCC1)N(Cc1cccc(OC)c1)C(=O)CN(c1cc(Cl)ccc1C)S(C)(=O)=O. The van der Waals surface area contributed by atoms with Crippen molar-refractivity contribution in [2.24, 2.45) is 0 Å². The van der Waals surface area contributed by atoms with Crippen molar-refractivity contribution >= 4 is 39.1 Å². The van der Waals surface area contributed by atoms with Crippen LogP contribution < -0.4 is 14.4 Å². The summed E-state index contributed by atoms with van der Waals surface area (Å²) in [4.78, 5) is 28.7. The second kappa shape index (κ2) is 12.6. The maximum atomic E-state index is 13.8. The van der Waals surface area contributed by atoms with Gasteiger partial charge in [-0.2, -0.15) is 0 Å². The molecule has 10 heteroatoms. The van der Waals surface area contributed by atoms with E-state index in [2.05, 4.69) is 5.32 Å². The Bertz CT molecular complexity index is 1210. The van der Waals surface area contributed by atoms with E-state index in [1.807, 2.05) is 19.1 Å². The van der Waals surface area contributed by atoms with Crippen molar-refractivity contribution in [2.75, 3.05) is 24.2 Å². The van der Waals surface area contributed by atoms with Crippen LogP contribution in [-0.2, 0) is 26.2 Å². The zero-order valence-corrected chi connectivity index (χ0v) is 23.4. The normalized spacial score (nSPS) is 14.7. The second-order valence-electron chi connectivity index (χ2n) is 9.49. The molecule has 0 saturated heterocycles. The van der Waals surface area contributed by atoms with Crippen LogP contribution in [0, 0.1) is 6.92 Å². The molecule has 1 aliphatic carbocycles. The Morgan fingerprint density at radius 1 is 1.16 bits per heavy atom. The van der Waals surface area contributed by atoms with Crippen molar-refractivity contribution in [1.82, 2.24) is 10.2 Å². The lowest BCUT2D eigenvalue weighted by Gasteiger charge is -2.33. The molecule has 0 spiro atoms. The van der Waals surface area contributed by atoms with Gasteiger partial charge >= 0.3 is 0 Å². The summed E-state index contributed by atoms with van der Waals surface area (Å²) < 4.78 is 32.0. The number of hydrogen-bond acceptors (Lipinski definition) is 5. The summed E-state index contributed by atoms with van der Waals surface area (Å²) in [5.41, 5.74) is 1.76. The average Bonchev–Trinajstić information content (AvgIpc) is 3.36. The van der Waals surface area contributed by atoms with Gasteiger partial charge in [0, 0.05) is 17.6 Å². The van der Waals surface area contributed by atoms with E-state index in [1.54, 1.807) is 38.3 Å². The predicted molar refractivity (Wildman–Crippen MR) is 146 cm³/mol. The summed E-state index contributed by atoms with van der Waals surface area (Å²) in [7, 11) is -2.28. The summed E-state index contributed by atoms with van der Waals surface area (Å²) in [5.74, 6) is -0.0859. The van der Waals surface area contributed by atoms with Gasteiger partial charge in [-0.15, -0.1) is 0 Å². The maximum Gasteiger partial charge on any atom is 0.244 e. The average molecular weight is 550 g/mol. The molecule has 0 aromatic heterocycles. The van der Waals surface area contributed by atoms with Crippen molar-refractivity contribution in [3.63, 3.8) is 0 Å². The van der Waals surface area contributed by atoms with E-state index in [9.17, 15) is 18.0 Å². The van der Waals surface area contributed by atoms with E-state index < -0.39 is 28.5 Å². The first-order valence-corrected chi connectivity index (χ1v) is 14.7. The minimum Gasteiger partial charge on any atom is -0.497 e. The predicted octanol–water partition coefficient (Wildman–Crippen LogP) is 4.29. The molecule has 2 amide bonds. The lowest BCUT2D eigenvalue weighted by Crippen LogP contribution is -2.53. The Labute approximate surface area is 225 Å². The van der Waals surface area contributed by atoms with Gasteiger partial charge in [-0.1, -0.05) is 49.6 Å². The van der Waals surface area contributed by atoms with Crippen LogP contribution in [0.15, 0.2) is 42.5 Å². The first-order valence-electron chi connectivity index (χ1n) is 12.5. The number of carbonyl (C=O) groups excluding carboxylic acids is 2. The molecule has 1 saturated carbocycles. The topological polar surface area (TPSA) is 96.0 Å². The van der Waals surface area contributed by atoms with Crippen LogP contribution in [0.5, 0.6) is 5.75 Å². The Morgan fingerprint density at radius 2 is 1.86 bits per heavy atom. The molecule has 1 aliphatic rings. The third-order valence-corrected chi connectivity index (χ3v) is 8.06. The van der Waals surface area contributed by atoms with E-state index in [0.717, 1.165) is 41.8 Å². The molecule has 0 radical (unpaired) electrons. The monoisotopic (exact) mass is 549 g/mol. The smallest absolute Gasteiger partial charge is 0.244 e. The number of nitrogens with one attached hydrogen (secondary N) is 1. The van der Waals surface area contributed by atoms with Gasteiger partial charge in [0.05, 0.1) is 19.1 Å². The van der Waals surface area contributed by atoms with Gasteiger partial charge in [-0.25, -0.2) is 8.42 Å². The molecule has 202 valence electrons. The number of nitrogens with zero attached hydrogens (tertiary/aromatic N) is 2. The van der Waals surface area contributed by atoms with Crippen molar-refractivity contribution in [1.29, 1.82) is 0 Å². The minimum absolute atomic E-state index is 0.0944. The number of methoxy groups -OCH3 is 1. The van der Waals surface area contributed by atoms with Crippen LogP contribution >= 0.6 is 11.6 Å². The van der Waals surface area contributed by atoms with E-state index in [4.69, 9.17) is 16.3 Å². The van der Waals surface area contributed by atoms with Crippen molar-refractivity contribution < 1.29 is 22.7 Å². The fourth-order valence-electron chi connectivity index (χ4n) is 4.70. The summed E-state index contributed by atoms with van der Waals surface area (Å²) >= 11 is 6.16. The Balaban J connectivity index is 1.96. The molecule has 37 heavy (non-hydrogen) atoms. The third kappa shape index (κ3) is 7.61. The third-order valence-electron chi connectivity index (χ3n) is 6.69. The van der Waals surface area contributed by atoms with E-state index >= 15 is 0 Å². The van der Waals surface area contributed by atoms with Crippen LogP contribution in [0.3, 0.4) is 0 Å². The Hall–Kier alpha value is -2.78. The molecular weight excluding hydrogens is 514 g/mol. The number of anilines is 1. The number of sulfonamides is 1. The highest BCUT2D eigenvalue weighted by Gasteiger charge is 2.33. The molecule has 0 bridgehead atoms. The zero-order chi connectivity index (χ0) is 27.2. The largest absolute Gasteiger partial charge is 0.497 e. The highest BCUT2D eigenvalue weighted by molar-refractivity contribution is 7.92. The van der Waals surface area contributed by atoms with E-state index in [0.29, 0.717) is 28.4 Å². The molecule has 0 heterocycles. The lowest BCUT2D eigenvalue weighted by atomic mass is 10.1. The Morgan fingerprint density at radius 3 is 2.49 bits per heavy atom. The number of benzene rings is 2. The van der Waals surface area contributed by atoms with Gasteiger partial charge in [0.1, 0.15) is 18.3 Å². The number of hydrogen-bond donors (Lipinski definition) is 1. The molecule has 2 aromatic carbocycles. The first kappa shape index (κ1) is 28.8. The number of ether oxygens (including phenoxy) is 1. The van der Waals surface area contributed by atoms with Crippen LogP contribution in [0.25, 0.3) is 0 Å². The van der Waals surface area contributed by atoms with Crippen molar-refractivity contribution in [3.05, 3.63) is 58.6 Å². The van der Waals surface area contributed by atoms with Crippen LogP contribution in [0.1, 0.15) is 50.2 Å². The van der Waals surface area contributed by atoms with Gasteiger partial charge in [-0.05, 0) is 61.6 Å². The molecule has 1 N–H and O–H groups in total. The van der Waals surface area contributed by atoms with E-state index in [1.165, 1.54) is 11.0 Å². The maximum absolute atomic E-state index is 13.8. The molecule has 1 atom stereocenters. The second-order valence-corrected chi connectivity index (χ2v) is 11.8. The van der Waals surface area contributed by atoms with Crippen molar-refractivity contribution in [2.45, 2.75) is 64.6 Å². The highest BCUT2D eigenvalue weighted by atomic mass is 35.5. The molecular formula is C27H36ClN3O5S. The zero-order valence-electron chi connectivity index (χ0n) is 21.9. The molecule has 0 aliphatic heterocycles. The Kier molecular flexibility index (Phi) is 9.84. The number of halogens is 1. The fourth-order valence-corrected chi connectivity index (χ4v) is 5.77. The minimum atomic E-state index is -3.83. The standard InChI is InChI=1S/C27H36ClN3O5S/c1-5-24(27(33)29-22-10-6-7-11-22)30(17-20-9-8-12-23(15-20)36-3)26(32)18-31(37(4,34)35)25-16-21(28)14-13-19(25)2/h8-9,12-16,22,24H,5-7,10-11,17-18H2,1-4H3,(H,29,33)/t24-/m0/s1. The molecule has 2 aromatic rings. The molecule has 8 nitrogen and oxygen atoms in total. The summed E-state index contributed by atoms with van der Waals surface area (Å²) in [6.45, 7) is 3.27. The van der Waals surface area contributed by atoms with Gasteiger partial charge in [0.2, 0.25) is 21.8 Å². The number of aryl methyl sites for hydroxylation is 1. The number of rotatable bonds is 11. The first-order chi connectivity index (χ1) is 17.5. The summed E-state index contributed by atoms with van der Waals surface area (Å²) in [6, 6.07) is 11.5. The van der Waals surface area contributed by atoms with Gasteiger partial charge in [0.15, 0.2) is 0 Å². The fraction of sp³-hybridized carbons (Fsp3) is 0.481. The van der Waals surface area contributed by atoms with Gasteiger partial charge < -0.3 is 15.0 Å². The van der Waals surface area contributed by atoms with Crippen LogP contribution in [-0.4, -0.2) is 57.1 Å². The highest BCUT2D eigenvalue weighted by Crippen LogP contribution is 2.27. The molecule has 1 fully saturated rings.